The summed E-state index contributed by atoms with van der Waals surface area (Å²) in [7, 11) is -7.96. The van der Waals surface area contributed by atoms with Crippen LogP contribution in [-0.4, -0.2) is 42.2 Å². The molecule has 0 atom stereocenters. The van der Waals surface area contributed by atoms with Crippen molar-refractivity contribution < 1.29 is 43.7 Å². The van der Waals surface area contributed by atoms with Crippen LogP contribution in [0.1, 0.15) is 18.7 Å². The highest BCUT2D eigenvalue weighted by atomic mass is 32.2. The molecule has 0 spiro atoms. The minimum Gasteiger partial charge on any atom is -0.741 e. The maximum absolute atomic E-state index is 10.7. The summed E-state index contributed by atoms with van der Waals surface area (Å²) in [5, 5.41) is 0. The Bertz CT molecular complexity index is 666. The molecule has 130 valence electrons. The zero-order valence-electron chi connectivity index (χ0n) is 11.4. The maximum atomic E-state index is 10.7. The second-order valence-electron chi connectivity index (χ2n) is 4.16. The number of aromatic amines is 1. The number of aromatic nitrogens is 2. The van der Waals surface area contributed by atoms with Crippen LogP contribution < -0.4 is 4.57 Å². The summed E-state index contributed by atoms with van der Waals surface area (Å²) >= 11 is 0. The van der Waals surface area contributed by atoms with Gasteiger partial charge in [0.05, 0.1) is 12.8 Å². The van der Waals surface area contributed by atoms with Gasteiger partial charge in [0, 0.05) is 6.42 Å². The fourth-order valence-corrected chi connectivity index (χ4v) is 1.83. The third-order valence-electron chi connectivity index (χ3n) is 2.32. The molecule has 2 N–H and O–H groups in total. The molecule has 22 heavy (non-hydrogen) atoms. The SMILES string of the molecule is C[n+]1cc[nH]c1CCCCS(=O)(=O)O.O=S(=O)([O-])C(F)(F)F. The minimum atomic E-state index is -6.09. The van der Waals surface area contributed by atoms with Crippen LogP contribution >= 0.6 is 0 Å². The van der Waals surface area contributed by atoms with Crippen LogP contribution in [0.5, 0.6) is 0 Å². The summed E-state index contributed by atoms with van der Waals surface area (Å²) in [5.74, 6) is 0.901. The van der Waals surface area contributed by atoms with Gasteiger partial charge in [-0.2, -0.15) is 21.6 Å². The molecule has 0 amide bonds. The van der Waals surface area contributed by atoms with Crippen LogP contribution in [0.4, 0.5) is 13.2 Å². The molecule has 8 nitrogen and oxygen atoms in total. The third-order valence-corrected chi connectivity index (χ3v) is 3.69. The van der Waals surface area contributed by atoms with Crippen LogP contribution in [0.25, 0.3) is 0 Å². The lowest BCUT2D eigenvalue weighted by atomic mass is 10.2. The standard InChI is InChI=1S/C8H14N2O3S.CHF3O3S/c1-10-6-5-9-8(10)4-2-3-7-14(11,12)13;2-1(3,4)8(5,6)7/h5-6H,2-4,7H2,1H3,(H,11,12,13);(H,5,6,7). The Morgan fingerprint density at radius 1 is 1.27 bits per heavy atom. The number of aryl methyl sites for hydroxylation is 2. The highest BCUT2D eigenvalue weighted by molar-refractivity contribution is 7.86. The summed E-state index contributed by atoms with van der Waals surface area (Å²) in [4.78, 5) is 3.05. The van der Waals surface area contributed by atoms with Gasteiger partial charge in [0.2, 0.25) is 0 Å². The van der Waals surface area contributed by atoms with Crippen LogP contribution in [0.2, 0.25) is 0 Å². The lowest BCUT2D eigenvalue weighted by Crippen LogP contribution is -2.30. The van der Waals surface area contributed by atoms with Gasteiger partial charge in [-0.25, -0.2) is 18.0 Å². The predicted molar refractivity (Wildman–Crippen MR) is 67.1 cm³/mol. The molecule has 0 fully saturated rings. The van der Waals surface area contributed by atoms with E-state index in [1.807, 2.05) is 24.0 Å². The molecule has 13 heteroatoms. The summed E-state index contributed by atoms with van der Waals surface area (Å²) in [6.45, 7) is 0. The van der Waals surface area contributed by atoms with Crippen LogP contribution in [0, 0.1) is 0 Å². The van der Waals surface area contributed by atoms with Crippen LogP contribution in [0.15, 0.2) is 12.4 Å². The molecule has 0 radical (unpaired) electrons. The number of hydrogen-bond donors (Lipinski definition) is 2. The number of halogens is 3. The van der Waals surface area contributed by atoms with Crippen molar-refractivity contribution in [1.82, 2.24) is 4.98 Å². The van der Waals surface area contributed by atoms with Gasteiger partial charge in [0.25, 0.3) is 15.9 Å². The zero-order valence-corrected chi connectivity index (χ0v) is 13.0. The van der Waals surface area contributed by atoms with E-state index in [1.165, 1.54) is 0 Å². The summed E-state index contributed by atoms with van der Waals surface area (Å²) < 4.78 is 90.1. The largest absolute Gasteiger partial charge is 0.741 e. The topological polar surface area (TPSA) is 131 Å². The highest BCUT2D eigenvalue weighted by Gasteiger charge is 2.36. The van der Waals surface area contributed by atoms with Crippen molar-refractivity contribution in [2.45, 2.75) is 24.8 Å². The highest BCUT2D eigenvalue weighted by Crippen LogP contribution is 2.20. The van der Waals surface area contributed by atoms with Gasteiger partial charge < -0.3 is 4.55 Å². The molecule has 0 aromatic carbocycles. The molecule has 0 unspecified atom stereocenters. The number of rotatable bonds is 5. The molecule has 0 aliphatic heterocycles. The monoisotopic (exact) mass is 368 g/mol. The fraction of sp³-hybridized carbons (Fsp3) is 0.667. The number of H-pyrrole nitrogens is 1. The minimum absolute atomic E-state index is 0.155. The first kappa shape index (κ1) is 20.8. The number of imidazole rings is 1. The summed E-state index contributed by atoms with van der Waals surface area (Å²) in [6.07, 6.45) is 5.75. The van der Waals surface area contributed by atoms with Crippen molar-refractivity contribution in [1.29, 1.82) is 0 Å². The molecule has 0 saturated heterocycles. The van der Waals surface area contributed by atoms with E-state index in [9.17, 15) is 21.6 Å². The number of hydrogen-bond acceptors (Lipinski definition) is 5. The quantitative estimate of drug-likeness (QED) is 0.328. The first-order valence-electron chi connectivity index (χ1n) is 5.73. The van der Waals surface area contributed by atoms with Crippen LogP contribution in [0.3, 0.4) is 0 Å². The van der Waals surface area contributed by atoms with E-state index in [0.717, 1.165) is 18.7 Å². The van der Waals surface area contributed by atoms with Crippen LogP contribution in [-0.2, 0) is 33.7 Å². The molecule has 1 aromatic rings. The molecule has 1 aromatic heterocycles. The lowest BCUT2D eigenvalue weighted by molar-refractivity contribution is -0.677. The molecular weight excluding hydrogens is 353 g/mol. The smallest absolute Gasteiger partial charge is 0.485 e. The Labute approximate surface area is 125 Å². The molecule has 0 aliphatic carbocycles. The second-order valence-corrected chi connectivity index (χ2v) is 7.10. The van der Waals surface area contributed by atoms with Crippen molar-refractivity contribution in [2.75, 3.05) is 5.75 Å². The fourth-order valence-electron chi connectivity index (χ4n) is 1.26. The normalized spacial score (nSPS) is 12.6. The van der Waals surface area contributed by atoms with Gasteiger partial charge in [0.15, 0.2) is 10.1 Å². The molecule has 0 aliphatic rings. The van der Waals surface area contributed by atoms with E-state index in [4.69, 9.17) is 17.5 Å². The van der Waals surface area contributed by atoms with E-state index < -0.39 is 25.7 Å². The van der Waals surface area contributed by atoms with Crippen molar-refractivity contribution in [3.8, 4) is 0 Å². The Morgan fingerprint density at radius 2 is 1.77 bits per heavy atom. The predicted octanol–water partition coefficient (Wildman–Crippen LogP) is 0.101. The third kappa shape index (κ3) is 8.96. The molecule has 0 bridgehead atoms. The number of nitrogens with one attached hydrogen (secondary N) is 1. The first-order valence-corrected chi connectivity index (χ1v) is 8.75. The van der Waals surface area contributed by atoms with Gasteiger partial charge in [-0.1, -0.05) is 0 Å². The maximum Gasteiger partial charge on any atom is 0.485 e. The van der Waals surface area contributed by atoms with E-state index in [1.54, 1.807) is 0 Å². The van der Waals surface area contributed by atoms with Crippen molar-refractivity contribution in [3.63, 3.8) is 0 Å². The molecule has 1 rings (SSSR count). The van der Waals surface area contributed by atoms with Gasteiger partial charge in [-0.15, -0.1) is 0 Å². The number of unbranched alkanes of at least 4 members (excludes halogenated alkanes) is 1. The Hall–Kier alpha value is -1.18. The zero-order chi connectivity index (χ0) is 17.6. The van der Waals surface area contributed by atoms with Crippen molar-refractivity contribution in [3.05, 3.63) is 18.2 Å². The van der Waals surface area contributed by atoms with E-state index >= 15 is 0 Å². The van der Waals surface area contributed by atoms with Gasteiger partial charge in [-0.3, -0.25) is 4.55 Å². The van der Waals surface area contributed by atoms with E-state index in [2.05, 4.69) is 4.98 Å². The number of alkyl halides is 3. The molecular formula is C9H15F3N2O6S2. The average Bonchev–Trinajstić information content (AvgIpc) is 2.67. The Kier molecular flexibility index (Phi) is 7.47. The van der Waals surface area contributed by atoms with Gasteiger partial charge in [0.1, 0.15) is 12.4 Å². The van der Waals surface area contributed by atoms with Crippen molar-refractivity contribution in [2.24, 2.45) is 7.05 Å². The second kappa shape index (κ2) is 7.89. The van der Waals surface area contributed by atoms with Crippen molar-refractivity contribution >= 4 is 20.2 Å². The summed E-state index contributed by atoms with van der Waals surface area (Å²) in [5.41, 5.74) is -5.65. The average molecular weight is 368 g/mol. The first-order chi connectivity index (χ1) is 9.74. The number of nitrogens with zero attached hydrogens (tertiary/aromatic N) is 1. The van der Waals surface area contributed by atoms with Gasteiger partial charge in [-0.05, 0) is 12.8 Å². The van der Waals surface area contributed by atoms with E-state index in [0.29, 0.717) is 6.42 Å². The Balaban J connectivity index is 0.000000472. The summed E-state index contributed by atoms with van der Waals surface area (Å²) in [6, 6.07) is 0. The molecule has 1 heterocycles. The van der Waals surface area contributed by atoms with E-state index in [-0.39, 0.29) is 5.75 Å². The van der Waals surface area contributed by atoms with Gasteiger partial charge >= 0.3 is 5.51 Å². The molecule has 0 saturated carbocycles. The lowest BCUT2D eigenvalue weighted by Gasteiger charge is -2.08. The Morgan fingerprint density at radius 3 is 2.09 bits per heavy atom.